The third-order valence-corrected chi connectivity index (χ3v) is 5.16. The first kappa shape index (κ1) is 21.0. The number of para-hydroxylation sites is 1. The van der Waals surface area contributed by atoms with Crippen LogP contribution in [0.4, 0.5) is 5.88 Å². The van der Waals surface area contributed by atoms with Gasteiger partial charge in [0.25, 0.3) is 5.91 Å². The molecular weight excluding hydrogens is 412 g/mol. The molecule has 32 heavy (non-hydrogen) atoms. The lowest BCUT2D eigenvalue weighted by atomic mass is 10.1. The molecule has 162 valence electrons. The molecule has 0 aliphatic rings. The Morgan fingerprint density at radius 2 is 1.97 bits per heavy atom. The van der Waals surface area contributed by atoms with Gasteiger partial charge in [0.2, 0.25) is 22.8 Å². The van der Waals surface area contributed by atoms with Gasteiger partial charge < -0.3 is 18.0 Å². The Balaban J connectivity index is 1.73. The van der Waals surface area contributed by atoms with Gasteiger partial charge in [-0.2, -0.15) is 5.26 Å². The summed E-state index contributed by atoms with van der Waals surface area (Å²) in [6, 6.07) is 12.1. The van der Waals surface area contributed by atoms with Crippen LogP contribution in [0.1, 0.15) is 30.2 Å². The molecule has 1 atom stereocenters. The average Bonchev–Trinajstić information content (AvgIpc) is 3.41. The first-order chi connectivity index (χ1) is 15.4. The monoisotopic (exact) mass is 432 g/mol. The van der Waals surface area contributed by atoms with E-state index in [0.717, 1.165) is 0 Å². The first-order valence-corrected chi connectivity index (χ1v) is 10.0. The van der Waals surface area contributed by atoms with E-state index in [1.165, 1.54) is 6.26 Å². The number of aryl methyl sites for hydroxylation is 1. The van der Waals surface area contributed by atoms with Crippen molar-refractivity contribution >= 4 is 22.8 Å². The molecule has 0 aliphatic carbocycles. The van der Waals surface area contributed by atoms with Gasteiger partial charge in [0, 0.05) is 5.56 Å². The zero-order chi connectivity index (χ0) is 22.8. The fraction of sp³-hybridized carbons (Fsp3) is 0.208. The average molecular weight is 432 g/mol. The van der Waals surface area contributed by atoms with Crippen LogP contribution in [0.5, 0.6) is 5.75 Å². The van der Waals surface area contributed by atoms with Gasteiger partial charge in [-0.05, 0) is 44.5 Å². The van der Waals surface area contributed by atoms with Crippen LogP contribution < -0.4 is 15.5 Å². The molecule has 1 amide bonds. The Kier molecular flexibility index (Phi) is 5.56. The second-order valence-electron chi connectivity index (χ2n) is 7.17. The number of rotatable bonds is 6. The second kappa shape index (κ2) is 8.47. The number of nitrogens with one attached hydrogen (secondary N) is 1. The summed E-state index contributed by atoms with van der Waals surface area (Å²) in [5.74, 6) is 0.269. The predicted molar refractivity (Wildman–Crippen MR) is 116 cm³/mol. The van der Waals surface area contributed by atoms with Gasteiger partial charge in [0.15, 0.2) is 11.9 Å². The fourth-order valence-corrected chi connectivity index (χ4v) is 3.31. The minimum Gasteiger partial charge on any atom is -0.473 e. The van der Waals surface area contributed by atoms with Crippen molar-refractivity contribution in [3.05, 3.63) is 69.8 Å². The summed E-state index contributed by atoms with van der Waals surface area (Å²) in [5, 5.41) is 12.3. The highest BCUT2D eigenvalue weighted by atomic mass is 16.5. The van der Waals surface area contributed by atoms with E-state index in [1.807, 2.05) is 6.07 Å². The van der Waals surface area contributed by atoms with E-state index in [0.29, 0.717) is 28.1 Å². The van der Waals surface area contributed by atoms with E-state index in [2.05, 4.69) is 5.32 Å². The molecule has 0 radical (unpaired) electrons. The maximum absolute atomic E-state index is 13.2. The molecule has 3 aromatic heterocycles. The molecule has 8 nitrogen and oxygen atoms in total. The van der Waals surface area contributed by atoms with Gasteiger partial charge in [0.05, 0.1) is 11.6 Å². The van der Waals surface area contributed by atoms with Crippen molar-refractivity contribution in [2.24, 2.45) is 0 Å². The maximum atomic E-state index is 13.2. The lowest BCUT2D eigenvalue weighted by molar-refractivity contribution is -0.123. The second-order valence-corrected chi connectivity index (χ2v) is 7.17. The summed E-state index contributed by atoms with van der Waals surface area (Å²) < 4.78 is 22.7. The molecular formula is C24H20N2O6. The van der Waals surface area contributed by atoms with Crippen molar-refractivity contribution in [3.63, 3.8) is 0 Å². The SMILES string of the molecule is CCC(Oc1c(-c2ccco2)oc2ccccc2c1=O)C(=O)Nc1oc(C)c(C)c1C#N. The van der Waals surface area contributed by atoms with Gasteiger partial charge in [-0.1, -0.05) is 19.1 Å². The third kappa shape index (κ3) is 3.65. The van der Waals surface area contributed by atoms with Crippen LogP contribution in [-0.4, -0.2) is 12.0 Å². The van der Waals surface area contributed by atoms with Crippen LogP contribution >= 0.6 is 0 Å². The molecule has 1 aromatic carbocycles. The van der Waals surface area contributed by atoms with E-state index >= 15 is 0 Å². The van der Waals surface area contributed by atoms with Crippen molar-refractivity contribution in [1.82, 2.24) is 0 Å². The van der Waals surface area contributed by atoms with Crippen LogP contribution in [-0.2, 0) is 4.79 Å². The zero-order valence-electron chi connectivity index (χ0n) is 17.7. The van der Waals surface area contributed by atoms with Crippen molar-refractivity contribution in [1.29, 1.82) is 5.26 Å². The molecule has 0 aliphatic heterocycles. The largest absolute Gasteiger partial charge is 0.473 e. The number of amides is 1. The Morgan fingerprint density at radius 3 is 2.66 bits per heavy atom. The summed E-state index contributed by atoms with van der Waals surface area (Å²) in [5.41, 5.74) is 0.833. The zero-order valence-corrected chi connectivity index (χ0v) is 17.7. The number of hydrogen-bond donors (Lipinski definition) is 1. The first-order valence-electron chi connectivity index (χ1n) is 10.0. The molecule has 3 heterocycles. The number of benzene rings is 1. The normalized spacial score (nSPS) is 11.8. The number of hydrogen-bond acceptors (Lipinski definition) is 7. The van der Waals surface area contributed by atoms with E-state index in [-0.39, 0.29) is 29.4 Å². The lowest BCUT2D eigenvalue weighted by Crippen LogP contribution is -2.34. The van der Waals surface area contributed by atoms with Crippen LogP contribution in [0.2, 0.25) is 0 Å². The number of ether oxygens (including phenoxy) is 1. The minimum atomic E-state index is -1.05. The molecule has 0 saturated heterocycles. The highest BCUT2D eigenvalue weighted by Gasteiger charge is 2.27. The molecule has 4 aromatic rings. The van der Waals surface area contributed by atoms with Crippen LogP contribution in [0, 0.1) is 25.2 Å². The Hall–Kier alpha value is -4.25. The number of anilines is 1. The van der Waals surface area contributed by atoms with Gasteiger partial charge in [-0.3, -0.25) is 14.9 Å². The van der Waals surface area contributed by atoms with Crippen molar-refractivity contribution in [3.8, 4) is 23.3 Å². The van der Waals surface area contributed by atoms with Gasteiger partial charge >= 0.3 is 0 Å². The van der Waals surface area contributed by atoms with Crippen molar-refractivity contribution in [2.75, 3.05) is 5.32 Å². The molecule has 4 rings (SSSR count). The quantitative estimate of drug-likeness (QED) is 0.459. The summed E-state index contributed by atoms with van der Waals surface area (Å²) in [6.45, 7) is 5.18. The molecule has 1 unspecified atom stereocenters. The van der Waals surface area contributed by atoms with E-state index in [1.54, 1.807) is 57.2 Å². The standard InChI is InChI=1S/C24H20N2O6/c1-4-17(23(28)26-24-16(12-25)13(2)14(3)30-24)31-22-20(27)15-8-5-6-9-18(15)32-21(22)19-10-7-11-29-19/h5-11,17H,4H2,1-3H3,(H,26,28). The van der Waals surface area contributed by atoms with Gasteiger partial charge in [-0.25, -0.2) is 0 Å². The molecule has 0 fully saturated rings. The maximum Gasteiger partial charge on any atom is 0.267 e. The molecule has 0 spiro atoms. The summed E-state index contributed by atoms with van der Waals surface area (Å²) in [4.78, 5) is 26.2. The van der Waals surface area contributed by atoms with Crippen LogP contribution in [0.25, 0.3) is 22.5 Å². The summed E-state index contributed by atoms with van der Waals surface area (Å²) >= 11 is 0. The van der Waals surface area contributed by atoms with E-state index in [4.69, 9.17) is 18.0 Å². The third-order valence-electron chi connectivity index (χ3n) is 5.16. The number of nitrogens with zero attached hydrogens (tertiary/aromatic N) is 1. The highest BCUT2D eigenvalue weighted by molar-refractivity contribution is 5.94. The Morgan fingerprint density at radius 1 is 1.19 bits per heavy atom. The number of fused-ring (bicyclic) bond motifs is 1. The topological polar surface area (TPSA) is 119 Å². The Bertz CT molecular complexity index is 1390. The van der Waals surface area contributed by atoms with Gasteiger partial charge in [-0.15, -0.1) is 0 Å². The predicted octanol–water partition coefficient (Wildman–Crippen LogP) is 4.93. The molecule has 1 N–H and O–H groups in total. The van der Waals surface area contributed by atoms with Crippen molar-refractivity contribution in [2.45, 2.75) is 33.3 Å². The molecule has 0 bridgehead atoms. The van der Waals surface area contributed by atoms with Crippen LogP contribution in [0.15, 0.2) is 60.7 Å². The fourth-order valence-electron chi connectivity index (χ4n) is 3.31. The van der Waals surface area contributed by atoms with E-state index < -0.39 is 17.4 Å². The number of furan rings is 2. The highest BCUT2D eigenvalue weighted by Crippen LogP contribution is 2.32. The molecule has 8 heteroatoms. The lowest BCUT2D eigenvalue weighted by Gasteiger charge is -2.17. The number of nitriles is 1. The number of carbonyl (C=O) groups excluding carboxylic acids is 1. The summed E-state index contributed by atoms with van der Waals surface area (Å²) in [7, 11) is 0. The smallest absolute Gasteiger partial charge is 0.267 e. The van der Waals surface area contributed by atoms with Crippen molar-refractivity contribution < 1.29 is 22.8 Å². The van der Waals surface area contributed by atoms with Crippen LogP contribution in [0.3, 0.4) is 0 Å². The minimum absolute atomic E-state index is 0.0475. The number of carbonyl (C=O) groups is 1. The Labute approximate surface area is 183 Å². The van der Waals surface area contributed by atoms with E-state index in [9.17, 15) is 14.9 Å². The van der Waals surface area contributed by atoms with Gasteiger partial charge in [0.1, 0.15) is 23.0 Å². The molecule has 0 saturated carbocycles. The summed E-state index contributed by atoms with van der Waals surface area (Å²) in [6.07, 6.45) is 0.643.